The number of thiophene rings is 1. The molecule has 1 unspecified atom stereocenters. The van der Waals surface area contributed by atoms with Crippen LogP contribution in [-0.4, -0.2) is 10.2 Å². The highest BCUT2D eigenvalue weighted by Gasteiger charge is 2.19. The third kappa shape index (κ3) is 1.66. The van der Waals surface area contributed by atoms with Gasteiger partial charge in [0, 0.05) is 4.88 Å². The van der Waals surface area contributed by atoms with Gasteiger partial charge in [0.1, 0.15) is 5.38 Å². The Labute approximate surface area is 102 Å². The van der Waals surface area contributed by atoms with E-state index in [0.29, 0.717) is 11.8 Å². The van der Waals surface area contributed by atoms with Crippen LogP contribution in [0.4, 0.5) is 0 Å². The number of alkyl halides is 1. The van der Waals surface area contributed by atoms with Crippen LogP contribution in [-0.2, 0) is 12.8 Å². The van der Waals surface area contributed by atoms with Gasteiger partial charge in [-0.3, -0.25) is 0 Å². The lowest BCUT2D eigenvalue weighted by molar-refractivity contribution is 0.508. The van der Waals surface area contributed by atoms with Crippen molar-refractivity contribution >= 4 is 22.9 Å². The van der Waals surface area contributed by atoms with Crippen LogP contribution in [0.2, 0.25) is 0 Å². The molecule has 16 heavy (non-hydrogen) atoms. The number of rotatable bonds is 2. The van der Waals surface area contributed by atoms with Crippen molar-refractivity contribution < 1.29 is 4.42 Å². The fraction of sp³-hybridized carbons (Fsp3) is 0.455. The fourth-order valence-electron chi connectivity index (χ4n) is 1.93. The molecule has 3 rings (SSSR count). The summed E-state index contributed by atoms with van der Waals surface area (Å²) in [6, 6.07) is 2.17. The maximum atomic E-state index is 5.89. The molecule has 1 aliphatic carbocycles. The molecule has 5 heteroatoms. The van der Waals surface area contributed by atoms with Crippen LogP contribution in [0.1, 0.15) is 35.1 Å². The summed E-state index contributed by atoms with van der Waals surface area (Å²) in [4.78, 5) is 2.54. The third-order valence-corrected chi connectivity index (χ3v) is 4.15. The summed E-state index contributed by atoms with van der Waals surface area (Å²) in [5, 5.41) is 7.73. The summed E-state index contributed by atoms with van der Waals surface area (Å²) in [6.07, 6.45) is 3.64. The first-order chi connectivity index (χ1) is 7.74. The van der Waals surface area contributed by atoms with Gasteiger partial charge in [0.05, 0.1) is 4.88 Å². The molecule has 0 radical (unpaired) electrons. The molecule has 2 heterocycles. The summed E-state index contributed by atoms with van der Waals surface area (Å²) in [5.41, 5.74) is 1.44. The van der Waals surface area contributed by atoms with Crippen LogP contribution in [0.25, 0.3) is 10.8 Å². The zero-order valence-electron chi connectivity index (χ0n) is 8.86. The van der Waals surface area contributed by atoms with Crippen LogP contribution < -0.4 is 0 Å². The van der Waals surface area contributed by atoms with Crippen molar-refractivity contribution in [1.82, 2.24) is 10.2 Å². The maximum Gasteiger partial charge on any atom is 0.257 e. The van der Waals surface area contributed by atoms with Crippen molar-refractivity contribution in [2.75, 3.05) is 0 Å². The van der Waals surface area contributed by atoms with Crippen molar-refractivity contribution in [3.8, 4) is 10.8 Å². The normalized spacial score (nSPS) is 16.4. The monoisotopic (exact) mass is 254 g/mol. The lowest BCUT2D eigenvalue weighted by Gasteiger charge is -1.92. The molecule has 84 valence electrons. The smallest absolute Gasteiger partial charge is 0.257 e. The van der Waals surface area contributed by atoms with Gasteiger partial charge in [0.15, 0.2) is 0 Å². The highest BCUT2D eigenvalue weighted by Crippen LogP contribution is 2.36. The van der Waals surface area contributed by atoms with E-state index < -0.39 is 0 Å². The summed E-state index contributed by atoms with van der Waals surface area (Å²) < 4.78 is 5.52. The molecule has 0 aromatic carbocycles. The van der Waals surface area contributed by atoms with Gasteiger partial charge in [-0.2, -0.15) is 0 Å². The van der Waals surface area contributed by atoms with Gasteiger partial charge in [-0.15, -0.1) is 33.1 Å². The standard InChI is InChI=1S/C11H11ClN2OS/c1-6(12)10-13-14-11(15-10)9-5-7-3-2-4-8(7)16-9/h5-6H,2-4H2,1H3. The number of aryl methyl sites for hydroxylation is 2. The Morgan fingerprint density at radius 3 is 3.00 bits per heavy atom. The Hall–Kier alpha value is -0.870. The Bertz CT molecular complexity index is 496. The zero-order valence-corrected chi connectivity index (χ0v) is 10.4. The van der Waals surface area contributed by atoms with Crippen molar-refractivity contribution in [2.45, 2.75) is 31.6 Å². The van der Waals surface area contributed by atoms with Gasteiger partial charge in [0.2, 0.25) is 5.89 Å². The average molecular weight is 255 g/mol. The molecule has 1 aliphatic rings. The van der Waals surface area contributed by atoms with E-state index in [0.717, 1.165) is 4.88 Å². The van der Waals surface area contributed by atoms with E-state index in [1.54, 1.807) is 11.3 Å². The topological polar surface area (TPSA) is 38.9 Å². The van der Waals surface area contributed by atoms with E-state index >= 15 is 0 Å². The predicted octanol–water partition coefficient (Wildman–Crippen LogP) is 3.59. The van der Waals surface area contributed by atoms with Gasteiger partial charge in [-0.25, -0.2) is 0 Å². The highest BCUT2D eigenvalue weighted by molar-refractivity contribution is 7.15. The van der Waals surface area contributed by atoms with Gasteiger partial charge in [-0.1, -0.05) is 0 Å². The molecule has 2 aromatic rings. The lowest BCUT2D eigenvalue weighted by atomic mass is 10.2. The maximum absolute atomic E-state index is 5.89. The second-order valence-electron chi connectivity index (χ2n) is 3.97. The molecule has 0 saturated heterocycles. The first-order valence-corrected chi connectivity index (χ1v) is 6.59. The summed E-state index contributed by atoms with van der Waals surface area (Å²) in [7, 11) is 0. The van der Waals surface area contributed by atoms with Crippen molar-refractivity contribution in [3.05, 3.63) is 22.4 Å². The Balaban J connectivity index is 1.95. The molecular formula is C11H11ClN2OS. The van der Waals surface area contributed by atoms with Crippen LogP contribution in [0.3, 0.4) is 0 Å². The first kappa shape index (κ1) is 10.3. The molecule has 2 aromatic heterocycles. The van der Waals surface area contributed by atoms with E-state index in [9.17, 15) is 0 Å². The van der Waals surface area contributed by atoms with Crippen molar-refractivity contribution in [2.24, 2.45) is 0 Å². The first-order valence-electron chi connectivity index (χ1n) is 5.33. The molecule has 0 bridgehead atoms. The molecule has 0 N–H and O–H groups in total. The second kappa shape index (κ2) is 3.86. The Morgan fingerprint density at radius 1 is 1.44 bits per heavy atom. The van der Waals surface area contributed by atoms with Crippen LogP contribution in [0.15, 0.2) is 10.5 Å². The predicted molar refractivity (Wildman–Crippen MR) is 63.9 cm³/mol. The van der Waals surface area contributed by atoms with Crippen molar-refractivity contribution in [1.29, 1.82) is 0 Å². The number of nitrogens with zero attached hydrogens (tertiary/aromatic N) is 2. The number of aromatic nitrogens is 2. The minimum Gasteiger partial charge on any atom is -0.418 e. The average Bonchev–Trinajstić information content (AvgIpc) is 2.91. The lowest BCUT2D eigenvalue weighted by Crippen LogP contribution is -1.81. The van der Waals surface area contributed by atoms with E-state index in [1.165, 1.54) is 29.7 Å². The van der Waals surface area contributed by atoms with E-state index in [4.69, 9.17) is 16.0 Å². The molecule has 3 nitrogen and oxygen atoms in total. The quantitative estimate of drug-likeness (QED) is 0.769. The molecule has 0 fully saturated rings. The molecular weight excluding hydrogens is 244 g/mol. The molecule has 1 atom stereocenters. The zero-order chi connectivity index (χ0) is 11.1. The van der Waals surface area contributed by atoms with Crippen LogP contribution in [0, 0.1) is 0 Å². The number of fused-ring (bicyclic) bond motifs is 1. The molecule has 0 spiro atoms. The Morgan fingerprint density at radius 2 is 2.31 bits per heavy atom. The number of hydrogen-bond acceptors (Lipinski definition) is 4. The minimum absolute atomic E-state index is 0.229. The fourth-order valence-corrected chi connectivity index (χ4v) is 3.19. The van der Waals surface area contributed by atoms with E-state index in [2.05, 4.69) is 16.3 Å². The number of halogens is 1. The van der Waals surface area contributed by atoms with Gasteiger partial charge >= 0.3 is 0 Å². The van der Waals surface area contributed by atoms with Gasteiger partial charge in [-0.05, 0) is 37.8 Å². The molecule has 0 aliphatic heterocycles. The van der Waals surface area contributed by atoms with Gasteiger partial charge < -0.3 is 4.42 Å². The van der Waals surface area contributed by atoms with E-state index in [-0.39, 0.29) is 5.38 Å². The minimum atomic E-state index is -0.229. The second-order valence-corrected chi connectivity index (χ2v) is 5.77. The SMILES string of the molecule is CC(Cl)c1nnc(-c2cc3c(s2)CCC3)o1. The van der Waals surface area contributed by atoms with E-state index in [1.807, 2.05) is 6.92 Å². The molecule has 0 amide bonds. The number of hydrogen-bond donors (Lipinski definition) is 0. The van der Waals surface area contributed by atoms with Crippen LogP contribution >= 0.6 is 22.9 Å². The summed E-state index contributed by atoms with van der Waals surface area (Å²) in [5.74, 6) is 1.09. The summed E-state index contributed by atoms with van der Waals surface area (Å²) >= 11 is 7.65. The van der Waals surface area contributed by atoms with Gasteiger partial charge in [0.25, 0.3) is 5.89 Å². The molecule has 0 saturated carbocycles. The third-order valence-electron chi connectivity index (χ3n) is 2.74. The highest BCUT2D eigenvalue weighted by atomic mass is 35.5. The van der Waals surface area contributed by atoms with Crippen LogP contribution in [0.5, 0.6) is 0 Å². The van der Waals surface area contributed by atoms with Crippen molar-refractivity contribution in [3.63, 3.8) is 0 Å². The largest absolute Gasteiger partial charge is 0.418 e. The summed E-state index contributed by atoms with van der Waals surface area (Å²) in [6.45, 7) is 1.83. The Kier molecular flexibility index (Phi) is 2.48.